The Kier molecular flexibility index (Phi) is 5.20. The van der Waals surface area contributed by atoms with Crippen LogP contribution in [0.4, 0.5) is 29.3 Å². The molecule has 2 heterocycles. The third-order valence-corrected chi connectivity index (χ3v) is 4.64. The summed E-state index contributed by atoms with van der Waals surface area (Å²) in [5, 5.41) is 18.3. The van der Waals surface area contributed by atoms with Gasteiger partial charge in [-0.25, -0.2) is 14.7 Å². The molecule has 1 aromatic heterocycles. The molecular weight excluding hydrogens is 397 g/mol. The van der Waals surface area contributed by atoms with Gasteiger partial charge in [0, 0.05) is 6.42 Å². The number of nitrogens with zero attached hydrogens (tertiary/aromatic N) is 2. The van der Waals surface area contributed by atoms with Crippen molar-refractivity contribution < 1.29 is 32.2 Å². The van der Waals surface area contributed by atoms with Gasteiger partial charge < -0.3 is 19.6 Å². The standard InChI is InChI=1S/C17H19F3N4O5/c1-16(2,17(18,19)20)24(15(26)27)9-3-5-12-11(7-9)21-8-10(28-12)4-6-13-22-23-14(25)29-13/h3,5,7,10,21H,4,6,8H2,1-2H3,(H,23,25)(H,26,27)/t10-/m0/s1. The van der Waals surface area contributed by atoms with Gasteiger partial charge in [0.25, 0.3) is 0 Å². The van der Waals surface area contributed by atoms with Gasteiger partial charge in [0.2, 0.25) is 5.89 Å². The molecule has 29 heavy (non-hydrogen) atoms. The minimum atomic E-state index is -4.77. The molecule has 1 aliphatic heterocycles. The molecule has 0 saturated carbocycles. The Balaban J connectivity index is 1.76. The number of aromatic amines is 1. The van der Waals surface area contributed by atoms with E-state index in [1.807, 2.05) is 0 Å². The van der Waals surface area contributed by atoms with Crippen LogP contribution >= 0.6 is 0 Å². The maximum Gasteiger partial charge on any atom is 0.434 e. The molecule has 0 radical (unpaired) electrons. The van der Waals surface area contributed by atoms with Crippen LogP contribution in [0, 0.1) is 0 Å². The highest BCUT2D eigenvalue weighted by molar-refractivity contribution is 5.89. The van der Waals surface area contributed by atoms with E-state index in [4.69, 9.17) is 9.15 Å². The monoisotopic (exact) mass is 416 g/mol. The number of hydrogen-bond donors (Lipinski definition) is 3. The van der Waals surface area contributed by atoms with E-state index in [1.165, 1.54) is 18.2 Å². The maximum absolute atomic E-state index is 13.4. The molecule has 0 saturated heterocycles. The van der Waals surface area contributed by atoms with Crippen LogP contribution in [-0.2, 0) is 6.42 Å². The van der Waals surface area contributed by atoms with E-state index in [0.29, 0.717) is 30.8 Å². The summed E-state index contributed by atoms with van der Waals surface area (Å²) in [6, 6.07) is 3.98. The Morgan fingerprint density at radius 3 is 2.69 bits per heavy atom. The van der Waals surface area contributed by atoms with Crippen LogP contribution in [0.25, 0.3) is 0 Å². The van der Waals surface area contributed by atoms with Gasteiger partial charge in [0.05, 0.1) is 17.9 Å². The largest absolute Gasteiger partial charge is 0.486 e. The van der Waals surface area contributed by atoms with E-state index in [9.17, 15) is 27.9 Å². The van der Waals surface area contributed by atoms with Crippen LogP contribution in [0.2, 0.25) is 0 Å². The van der Waals surface area contributed by atoms with E-state index in [2.05, 4.69) is 15.5 Å². The number of alkyl halides is 3. The lowest BCUT2D eigenvalue weighted by molar-refractivity contribution is -0.175. The molecule has 3 N–H and O–H groups in total. The van der Waals surface area contributed by atoms with Gasteiger partial charge in [0.15, 0.2) is 0 Å². The van der Waals surface area contributed by atoms with Crippen LogP contribution in [0.3, 0.4) is 0 Å². The SMILES string of the molecule is CC(C)(N(C(=O)O)c1ccc2c(c1)NC[C@H](CCc1n[nH]c(=O)o1)O2)C(F)(F)F. The Hall–Kier alpha value is -3.18. The summed E-state index contributed by atoms with van der Waals surface area (Å²) in [5.74, 6) is -0.0276. The summed E-state index contributed by atoms with van der Waals surface area (Å²) < 4.78 is 50.7. The van der Waals surface area contributed by atoms with Crippen molar-refractivity contribution in [2.24, 2.45) is 0 Å². The van der Waals surface area contributed by atoms with Gasteiger partial charge in [-0.1, -0.05) is 0 Å². The Labute approximate surface area is 162 Å². The van der Waals surface area contributed by atoms with Crippen LogP contribution in [0.15, 0.2) is 27.4 Å². The molecule has 0 unspecified atom stereocenters. The molecular formula is C17H19F3N4O5. The van der Waals surface area contributed by atoms with Gasteiger partial charge in [-0.3, -0.25) is 4.90 Å². The second-order valence-corrected chi connectivity index (χ2v) is 7.02. The number of rotatable bonds is 5. The third kappa shape index (κ3) is 4.15. The molecule has 0 aliphatic carbocycles. The average molecular weight is 416 g/mol. The Morgan fingerprint density at radius 2 is 2.10 bits per heavy atom. The topological polar surface area (TPSA) is 121 Å². The number of carboxylic acid groups (broad SMARTS) is 1. The van der Waals surface area contributed by atoms with Crippen molar-refractivity contribution >= 4 is 17.5 Å². The van der Waals surface area contributed by atoms with Crippen LogP contribution in [0.5, 0.6) is 5.75 Å². The predicted octanol–water partition coefficient (Wildman–Crippen LogP) is 2.99. The van der Waals surface area contributed by atoms with Crippen LogP contribution in [-0.4, -0.2) is 45.8 Å². The van der Waals surface area contributed by atoms with Crippen molar-refractivity contribution in [3.63, 3.8) is 0 Å². The Bertz CT molecular complexity index is 953. The van der Waals surface area contributed by atoms with E-state index in [1.54, 1.807) is 0 Å². The number of carbonyl (C=O) groups is 1. The minimum absolute atomic E-state index is 0.133. The average Bonchev–Trinajstić information content (AvgIpc) is 3.04. The van der Waals surface area contributed by atoms with Gasteiger partial charge >= 0.3 is 18.0 Å². The second kappa shape index (κ2) is 7.33. The quantitative estimate of drug-likeness (QED) is 0.685. The number of aryl methyl sites for hydroxylation is 1. The van der Waals surface area contributed by atoms with Crippen LogP contribution in [0.1, 0.15) is 26.2 Å². The number of benzene rings is 1. The summed E-state index contributed by atoms with van der Waals surface area (Å²) in [4.78, 5) is 22.8. The van der Waals surface area contributed by atoms with Crippen molar-refractivity contribution in [3.05, 3.63) is 34.6 Å². The summed E-state index contributed by atoms with van der Waals surface area (Å²) in [6.45, 7) is 1.93. The minimum Gasteiger partial charge on any atom is -0.486 e. The number of amides is 1. The molecule has 1 aromatic carbocycles. The van der Waals surface area contributed by atoms with Gasteiger partial charge in [0.1, 0.15) is 17.4 Å². The molecule has 9 nitrogen and oxygen atoms in total. The first kappa shape index (κ1) is 20.6. The van der Waals surface area contributed by atoms with Crippen molar-refractivity contribution in [1.82, 2.24) is 10.2 Å². The molecule has 0 fully saturated rings. The smallest absolute Gasteiger partial charge is 0.434 e. The summed E-state index contributed by atoms with van der Waals surface area (Å²) >= 11 is 0. The van der Waals surface area contributed by atoms with E-state index >= 15 is 0 Å². The number of H-pyrrole nitrogens is 1. The van der Waals surface area contributed by atoms with Crippen molar-refractivity contribution in [3.8, 4) is 5.75 Å². The summed E-state index contributed by atoms with van der Waals surface area (Å²) in [7, 11) is 0. The fourth-order valence-corrected chi connectivity index (χ4v) is 2.96. The molecule has 12 heteroatoms. The van der Waals surface area contributed by atoms with E-state index < -0.39 is 23.6 Å². The number of hydrogen-bond acceptors (Lipinski definition) is 6. The van der Waals surface area contributed by atoms with Gasteiger partial charge in [-0.2, -0.15) is 13.2 Å². The highest BCUT2D eigenvalue weighted by Crippen LogP contribution is 2.41. The second-order valence-electron chi connectivity index (χ2n) is 7.02. The van der Waals surface area contributed by atoms with Crippen molar-refractivity contribution in [2.75, 3.05) is 16.8 Å². The fourth-order valence-electron chi connectivity index (χ4n) is 2.96. The lowest BCUT2D eigenvalue weighted by Gasteiger charge is -2.38. The number of ether oxygens (including phenoxy) is 1. The van der Waals surface area contributed by atoms with Gasteiger partial charge in [-0.05, 0) is 38.5 Å². The molecule has 158 valence electrons. The number of nitrogens with one attached hydrogen (secondary N) is 2. The lowest BCUT2D eigenvalue weighted by atomic mass is 10.0. The molecule has 1 amide bonds. The molecule has 2 aromatic rings. The number of aromatic nitrogens is 2. The number of fused-ring (bicyclic) bond motifs is 1. The zero-order valence-corrected chi connectivity index (χ0v) is 15.5. The van der Waals surface area contributed by atoms with Crippen molar-refractivity contribution in [2.45, 2.75) is 44.5 Å². The highest BCUT2D eigenvalue weighted by Gasteiger charge is 2.54. The van der Waals surface area contributed by atoms with Gasteiger partial charge in [-0.15, -0.1) is 5.10 Å². The molecule has 0 spiro atoms. The molecule has 1 atom stereocenters. The first-order valence-corrected chi connectivity index (χ1v) is 8.68. The maximum atomic E-state index is 13.4. The van der Waals surface area contributed by atoms with E-state index in [-0.39, 0.29) is 22.6 Å². The number of anilines is 2. The first-order valence-electron chi connectivity index (χ1n) is 8.68. The molecule has 3 rings (SSSR count). The van der Waals surface area contributed by atoms with E-state index in [0.717, 1.165) is 13.8 Å². The van der Waals surface area contributed by atoms with Crippen LogP contribution < -0.4 is 20.7 Å². The fraction of sp³-hybridized carbons (Fsp3) is 0.471. The highest BCUT2D eigenvalue weighted by atomic mass is 19.4. The lowest BCUT2D eigenvalue weighted by Crippen LogP contribution is -2.57. The third-order valence-electron chi connectivity index (χ3n) is 4.64. The predicted molar refractivity (Wildman–Crippen MR) is 95.4 cm³/mol. The molecule has 1 aliphatic rings. The normalized spacial score (nSPS) is 16.5. The van der Waals surface area contributed by atoms with Crippen molar-refractivity contribution in [1.29, 1.82) is 0 Å². The first-order chi connectivity index (χ1) is 13.5. The zero-order valence-electron chi connectivity index (χ0n) is 15.5. The summed E-state index contributed by atoms with van der Waals surface area (Å²) in [5.41, 5.74) is -2.38. The molecule has 0 bridgehead atoms. The summed E-state index contributed by atoms with van der Waals surface area (Å²) in [6.07, 6.45) is -5.95. The number of halogens is 3. The Morgan fingerprint density at radius 1 is 1.38 bits per heavy atom. The zero-order chi connectivity index (χ0) is 21.4.